The van der Waals surface area contributed by atoms with Crippen LogP contribution in [0.3, 0.4) is 0 Å². The highest BCUT2D eigenvalue weighted by Gasteiger charge is 2.36. The van der Waals surface area contributed by atoms with Crippen LogP contribution in [0.1, 0.15) is 0 Å². The monoisotopic (exact) mass is 458 g/mol. The van der Waals surface area contributed by atoms with Crippen LogP contribution in [0.4, 0.5) is 0 Å². The molecule has 0 aliphatic carbocycles. The number of fused-ring (bicyclic) bond motifs is 4. The average molecular weight is 459 g/mol. The Morgan fingerprint density at radius 2 is 0.909 bits per heavy atom. The van der Waals surface area contributed by atoms with Crippen molar-refractivity contribution < 1.29 is 4.12 Å². The molecule has 0 bridgehead atoms. The van der Waals surface area contributed by atoms with E-state index < -0.39 is 18.1 Å². The minimum atomic E-state index is -2.44. The van der Waals surface area contributed by atoms with E-state index in [2.05, 4.69) is 122 Å². The summed E-state index contributed by atoms with van der Waals surface area (Å²) in [6, 6.07) is 40.2. The lowest BCUT2D eigenvalue weighted by Crippen LogP contribution is -2.59. The summed E-state index contributed by atoms with van der Waals surface area (Å²) in [6.07, 6.45) is 0. The van der Waals surface area contributed by atoms with Gasteiger partial charge in [0, 0.05) is 0 Å². The predicted molar refractivity (Wildman–Crippen MR) is 149 cm³/mol. The summed E-state index contributed by atoms with van der Waals surface area (Å²) in [5, 5.41) is 13.1. The zero-order valence-electron chi connectivity index (χ0n) is 19.0. The van der Waals surface area contributed by atoms with Gasteiger partial charge in [0.1, 0.15) is 9.76 Å². The van der Waals surface area contributed by atoms with Crippen molar-refractivity contribution in [1.82, 2.24) is 0 Å². The van der Waals surface area contributed by atoms with Gasteiger partial charge in [-0.2, -0.15) is 0 Å². The van der Waals surface area contributed by atoms with Crippen molar-refractivity contribution in [2.75, 3.05) is 0 Å². The number of benzene rings is 6. The van der Waals surface area contributed by atoms with Crippen molar-refractivity contribution in [3.63, 3.8) is 0 Å². The smallest absolute Gasteiger partial charge is 0.242 e. The molecule has 0 spiro atoms. The molecule has 0 aliphatic rings. The minimum Gasteiger partial charge on any atom is -0.454 e. The Balaban J connectivity index is 1.67. The van der Waals surface area contributed by atoms with Gasteiger partial charge >= 0.3 is 0 Å². The summed E-state index contributed by atoms with van der Waals surface area (Å²) < 4.78 is 6.92. The summed E-state index contributed by atoms with van der Waals surface area (Å²) in [5.74, 6) is 0. The fraction of sp³-hybridized carbons (Fsp3) is 0.0667. The molecular formula is C30H26OSi2. The topological polar surface area (TPSA) is 9.23 Å². The molecule has 0 atom stereocenters. The zero-order chi connectivity index (χ0) is 22.4. The molecule has 3 heteroatoms. The van der Waals surface area contributed by atoms with Gasteiger partial charge in [-0.3, -0.25) is 0 Å². The van der Waals surface area contributed by atoms with Crippen molar-refractivity contribution in [2.45, 2.75) is 13.1 Å². The molecule has 0 aliphatic heterocycles. The van der Waals surface area contributed by atoms with Crippen molar-refractivity contribution in [1.29, 1.82) is 0 Å². The second kappa shape index (κ2) is 7.96. The van der Waals surface area contributed by atoms with E-state index in [9.17, 15) is 0 Å². The summed E-state index contributed by atoms with van der Waals surface area (Å²) in [5.41, 5.74) is 0. The van der Waals surface area contributed by atoms with Crippen molar-refractivity contribution in [3.8, 4) is 0 Å². The van der Waals surface area contributed by atoms with E-state index in [0.29, 0.717) is 0 Å². The maximum atomic E-state index is 6.92. The van der Waals surface area contributed by atoms with Crippen LogP contribution in [-0.2, 0) is 4.12 Å². The predicted octanol–water partition coefficient (Wildman–Crippen LogP) is 6.14. The first-order chi connectivity index (χ1) is 16.2. The van der Waals surface area contributed by atoms with E-state index in [1.54, 1.807) is 0 Å². The van der Waals surface area contributed by atoms with E-state index in [1.807, 2.05) is 0 Å². The summed E-state index contributed by atoms with van der Waals surface area (Å²) in [6.45, 7) is 4.66. The third-order valence-electron chi connectivity index (χ3n) is 6.95. The molecule has 0 heterocycles. The van der Waals surface area contributed by atoms with Gasteiger partial charge in [-0.25, -0.2) is 0 Å². The van der Waals surface area contributed by atoms with Crippen LogP contribution in [0, 0.1) is 0 Å². The molecule has 0 unspecified atom stereocenters. The van der Waals surface area contributed by atoms with Crippen molar-refractivity contribution in [3.05, 3.63) is 109 Å². The largest absolute Gasteiger partial charge is 0.454 e. The Morgan fingerprint density at radius 1 is 0.515 bits per heavy atom. The lowest BCUT2D eigenvalue weighted by molar-refractivity contribution is 0.619. The van der Waals surface area contributed by atoms with Crippen LogP contribution >= 0.6 is 0 Å². The molecule has 0 radical (unpaired) electrons. The summed E-state index contributed by atoms with van der Waals surface area (Å²) >= 11 is 0. The third-order valence-corrected chi connectivity index (χ3v) is 13.3. The lowest BCUT2D eigenvalue weighted by atomic mass is 10.0. The van der Waals surface area contributed by atoms with Gasteiger partial charge in [0.2, 0.25) is 8.32 Å². The normalized spacial score (nSPS) is 12.5. The lowest BCUT2D eigenvalue weighted by Gasteiger charge is -2.31. The SMILES string of the molecule is C[SiH2]O[Si](C)(c1cccc2cc3ccccc3cc12)c1cccc2cc3ccccc3cc12. The standard InChI is InChI=1S/C30H26OSi2/c1-32-31-33(2,29-15-7-13-25-17-21-9-3-5-11-23(21)19-27(25)29)30-16-8-14-26-18-22-10-4-6-12-24(22)20-28(26)30/h3-20H,32H2,1-2H3. The van der Waals surface area contributed by atoms with Crippen molar-refractivity contribution >= 4 is 71.5 Å². The quantitative estimate of drug-likeness (QED) is 0.228. The third kappa shape index (κ3) is 3.32. The first-order valence-corrected chi connectivity index (χ1v) is 16.1. The van der Waals surface area contributed by atoms with Gasteiger partial charge in [0.15, 0.2) is 0 Å². The molecule has 0 fully saturated rings. The van der Waals surface area contributed by atoms with Gasteiger partial charge in [0.25, 0.3) is 0 Å². The Kier molecular flexibility index (Phi) is 4.91. The fourth-order valence-electron chi connectivity index (χ4n) is 5.35. The summed E-state index contributed by atoms with van der Waals surface area (Å²) in [4.78, 5) is 0. The molecular weight excluding hydrogens is 433 g/mol. The Morgan fingerprint density at radius 3 is 1.33 bits per heavy atom. The zero-order valence-corrected chi connectivity index (χ0v) is 21.4. The maximum absolute atomic E-state index is 6.92. The molecule has 6 rings (SSSR count). The van der Waals surface area contributed by atoms with E-state index in [1.165, 1.54) is 53.5 Å². The van der Waals surface area contributed by atoms with Gasteiger partial charge in [-0.05, 0) is 84.3 Å². The Hall–Kier alpha value is -3.25. The molecule has 0 saturated carbocycles. The molecule has 1 nitrogen and oxygen atoms in total. The maximum Gasteiger partial charge on any atom is 0.242 e. The second-order valence-electron chi connectivity index (χ2n) is 8.92. The highest BCUT2D eigenvalue weighted by Crippen LogP contribution is 2.27. The molecule has 0 saturated heterocycles. The van der Waals surface area contributed by atoms with Gasteiger partial charge in [-0.1, -0.05) is 91.5 Å². The van der Waals surface area contributed by atoms with E-state index >= 15 is 0 Å². The van der Waals surface area contributed by atoms with Crippen LogP contribution < -0.4 is 10.4 Å². The first-order valence-electron chi connectivity index (χ1n) is 11.7. The van der Waals surface area contributed by atoms with Crippen LogP contribution in [0.25, 0.3) is 43.1 Å². The molecule has 6 aromatic rings. The second-order valence-corrected chi connectivity index (χ2v) is 13.8. The van der Waals surface area contributed by atoms with Crippen molar-refractivity contribution in [2.24, 2.45) is 0 Å². The highest BCUT2D eigenvalue weighted by molar-refractivity contribution is 7.01. The molecule has 0 amide bonds. The number of rotatable bonds is 4. The molecule has 0 N–H and O–H groups in total. The average Bonchev–Trinajstić information content (AvgIpc) is 2.85. The van der Waals surface area contributed by atoms with Crippen LogP contribution in [0.5, 0.6) is 0 Å². The highest BCUT2D eigenvalue weighted by atomic mass is 28.4. The van der Waals surface area contributed by atoms with E-state index in [4.69, 9.17) is 4.12 Å². The van der Waals surface area contributed by atoms with Gasteiger partial charge < -0.3 is 4.12 Å². The van der Waals surface area contributed by atoms with Gasteiger partial charge in [0.05, 0.1) is 0 Å². The molecule has 6 aromatic carbocycles. The Bertz CT molecular complexity index is 1540. The molecule has 33 heavy (non-hydrogen) atoms. The molecule has 0 aromatic heterocycles. The Labute approximate surface area is 197 Å². The minimum absolute atomic E-state index is 0.631. The summed E-state index contributed by atoms with van der Waals surface area (Å²) in [7, 11) is -3.07. The molecule has 160 valence electrons. The first kappa shape index (κ1) is 20.4. The number of hydrogen-bond acceptors (Lipinski definition) is 1. The fourth-order valence-corrected chi connectivity index (χ4v) is 11.5. The van der Waals surface area contributed by atoms with Crippen LogP contribution in [0.2, 0.25) is 13.1 Å². The van der Waals surface area contributed by atoms with Crippen LogP contribution in [-0.4, -0.2) is 18.1 Å². The van der Waals surface area contributed by atoms with Gasteiger partial charge in [-0.15, -0.1) is 0 Å². The number of hydrogen-bond donors (Lipinski definition) is 0. The van der Waals surface area contributed by atoms with E-state index in [-0.39, 0.29) is 0 Å². The van der Waals surface area contributed by atoms with E-state index in [0.717, 1.165) is 0 Å². The van der Waals surface area contributed by atoms with Crippen LogP contribution in [0.15, 0.2) is 109 Å².